The lowest BCUT2D eigenvalue weighted by Gasteiger charge is -1.95. The number of halogens is 2. The van der Waals surface area contributed by atoms with Crippen LogP contribution in [0.3, 0.4) is 0 Å². The minimum Gasteiger partial charge on any atom is -0.493 e. The predicted octanol–water partition coefficient (Wildman–Crippen LogP) is 5.21. The quantitative estimate of drug-likeness (QED) is 0.600. The molecule has 110 valence electrons. The molecule has 1 heterocycles. The minimum absolute atomic E-state index is 0.162. The molecule has 2 aromatic carbocycles. The Hall–Kier alpha value is -2.18. The summed E-state index contributed by atoms with van der Waals surface area (Å²) in [6.07, 6.45) is 0. The third-order valence-corrected chi connectivity index (χ3v) is 3.81. The number of nitrogens with one attached hydrogen (secondary N) is 1. The van der Waals surface area contributed by atoms with Gasteiger partial charge in [0.15, 0.2) is 5.69 Å². The van der Waals surface area contributed by atoms with Crippen molar-refractivity contribution in [1.82, 2.24) is 4.98 Å². The highest BCUT2D eigenvalue weighted by Gasteiger charge is 2.12. The molecule has 0 unspecified atom stereocenters. The van der Waals surface area contributed by atoms with Crippen LogP contribution in [0.5, 0.6) is 5.88 Å². The average Bonchev–Trinajstić information content (AvgIpc) is 2.80. The highest BCUT2D eigenvalue weighted by Crippen LogP contribution is 2.36. The second kappa shape index (κ2) is 5.90. The lowest BCUT2D eigenvalue weighted by Crippen LogP contribution is -1.92. The summed E-state index contributed by atoms with van der Waals surface area (Å²) < 4.78 is 0.866. The van der Waals surface area contributed by atoms with Crippen molar-refractivity contribution in [1.29, 1.82) is 0 Å². The molecule has 5 nitrogen and oxygen atoms in total. The van der Waals surface area contributed by atoms with Crippen molar-refractivity contribution in [3.8, 4) is 5.88 Å². The Morgan fingerprint density at radius 3 is 2.64 bits per heavy atom. The number of fused-ring (bicyclic) bond motifs is 1. The Bertz CT molecular complexity index is 888. The summed E-state index contributed by atoms with van der Waals surface area (Å²) in [5.41, 5.74) is 1.25. The van der Waals surface area contributed by atoms with Gasteiger partial charge in [-0.1, -0.05) is 27.5 Å². The van der Waals surface area contributed by atoms with Crippen LogP contribution in [-0.2, 0) is 0 Å². The first-order valence-corrected chi connectivity index (χ1v) is 7.43. The van der Waals surface area contributed by atoms with Gasteiger partial charge in [-0.2, -0.15) is 0 Å². The number of rotatable bonds is 2. The van der Waals surface area contributed by atoms with Crippen molar-refractivity contribution in [3.05, 3.63) is 57.5 Å². The maximum Gasteiger partial charge on any atom is 0.295 e. The molecular weight excluding hydrogens is 370 g/mol. The Kier molecular flexibility index (Phi) is 3.96. The van der Waals surface area contributed by atoms with E-state index in [1.807, 2.05) is 0 Å². The summed E-state index contributed by atoms with van der Waals surface area (Å²) in [7, 11) is 0. The molecule has 0 bridgehead atoms. The van der Waals surface area contributed by atoms with Gasteiger partial charge in [-0.15, -0.1) is 10.2 Å². The monoisotopic (exact) mass is 377 g/mol. The van der Waals surface area contributed by atoms with Crippen molar-refractivity contribution in [2.24, 2.45) is 10.2 Å². The lowest BCUT2D eigenvalue weighted by atomic mass is 10.2. The van der Waals surface area contributed by atoms with Gasteiger partial charge in [0.25, 0.3) is 5.91 Å². The Balaban J connectivity index is 1.95. The van der Waals surface area contributed by atoms with Crippen LogP contribution in [0.15, 0.2) is 57.2 Å². The smallest absolute Gasteiger partial charge is 0.295 e. The molecular formula is C15H9BrClN3O2. The standard InChI is InChI=1S/C15H9BrClN3O2/c16-9-3-1-8(2-4-9)14(21)20-19-13-11-7-10(17)5-6-12(11)18-15(13)22/h1-7,18,22H. The zero-order valence-electron chi connectivity index (χ0n) is 11.0. The molecule has 7 heteroatoms. The number of azo groups is 1. The first-order valence-electron chi connectivity index (χ1n) is 6.26. The molecule has 3 aromatic rings. The number of carbonyl (C=O) groups excluding carboxylic acids is 1. The first kappa shape index (κ1) is 14.7. The topological polar surface area (TPSA) is 77.8 Å². The number of H-pyrrole nitrogens is 1. The number of carbonyl (C=O) groups is 1. The van der Waals surface area contributed by atoms with E-state index >= 15 is 0 Å². The van der Waals surface area contributed by atoms with E-state index in [1.165, 1.54) is 0 Å². The maximum atomic E-state index is 12.0. The molecule has 3 rings (SSSR count). The van der Waals surface area contributed by atoms with E-state index in [9.17, 15) is 9.90 Å². The van der Waals surface area contributed by atoms with Gasteiger partial charge < -0.3 is 10.1 Å². The Morgan fingerprint density at radius 2 is 1.91 bits per heavy atom. The fourth-order valence-electron chi connectivity index (χ4n) is 1.98. The van der Waals surface area contributed by atoms with Crippen LogP contribution in [0.1, 0.15) is 10.4 Å². The molecule has 0 aliphatic carbocycles. The van der Waals surface area contributed by atoms with Crippen LogP contribution in [0, 0.1) is 0 Å². The highest BCUT2D eigenvalue weighted by molar-refractivity contribution is 9.10. The molecule has 0 radical (unpaired) electrons. The van der Waals surface area contributed by atoms with Gasteiger partial charge in [0.2, 0.25) is 5.88 Å². The second-order valence-corrected chi connectivity index (χ2v) is 5.88. The number of aromatic nitrogens is 1. The molecule has 2 N–H and O–H groups in total. The van der Waals surface area contributed by atoms with Gasteiger partial charge in [0.05, 0.1) is 5.52 Å². The van der Waals surface area contributed by atoms with Crippen molar-refractivity contribution in [2.45, 2.75) is 0 Å². The largest absolute Gasteiger partial charge is 0.493 e. The number of hydrogen-bond donors (Lipinski definition) is 2. The van der Waals surface area contributed by atoms with Gasteiger partial charge in [0, 0.05) is 20.4 Å². The number of amides is 1. The number of benzene rings is 2. The van der Waals surface area contributed by atoms with Gasteiger partial charge >= 0.3 is 0 Å². The summed E-state index contributed by atoms with van der Waals surface area (Å²) in [4.78, 5) is 14.7. The molecule has 0 spiro atoms. The normalized spacial score (nSPS) is 11.4. The summed E-state index contributed by atoms with van der Waals surface area (Å²) in [5.74, 6) is -0.659. The predicted molar refractivity (Wildman–Crippen MR) is 88.0 cm³/mol. The third kappa shape index (κ3) is 2.88. The molecule has 0 fully saturated rings. The van der Waals surface area contributed by atoms with E-state index in [0.29, 0.717) is 21.5 Å². The minimum atomic E-state index is -0.497. The number of hydrogen-bond acceptors (Lipinski definition) is 3. The van der Waals surface area contributed by atoms with Gasteiger partial charge in [0.1, 0.15) is 0 Å². The zero-order valence-corrected chi connectivity index (χ0v) is 13.4. The van der Waals surface area contributed by atoms with Crippen molar-refractivity contribution in [2.75, 3.05) is 0 Å². The molecule has 1 amide bonds. The Morgan fingerprint density at radius 1 is 1.18 bits per heavy atom. The molecule has 0 atom stereocenters. The molecule has 22 heavy (non-hydrogen) atoms. The second-order valence-electron chi connectivity index (χ2n) is 4.52. The third-order valence-electron chi connectivity index (χ3n) is 3.05. The van der Waals surface area contributed by atoms with Crippen LogP contribution in [0.2, 0.25) is 5.02 Å². The van der Waals surface area contributed by atoms with Gasteiger partial charge in [-0.3, -0.25) is 4.79 Å². The molecule has 0 aliphatic rings. The van der Waals surface area contributed by atoms with E-state index in [-0.39, 0.29) is 11.6 Å². The van der Waals surface area contributed by atoms with Crippen molar-refractivity contribution < 1.29 is 9.90 Å². The average molecular weight is 379 g/mol. The highest BCUT2D eigenvalue weighted by atomic mass is 79.9. The molecule has 0 saturated heterocycles. The van der Waals surface area contributed by atoms with Gasteiger partial charge in [-0.25, -0.2) is 0 Å². The summed E-state index contributed by atoms with van der Waals surface area (Å²) >= 11 is 9.23. The van der Waals surface area contributed by atoms with Crippen LogP contribution in [-0.4, -0.2) is 16.0 Å². The van der Waals surface area contributed by atoms with Crippen molar-refractivity contribution >= 4 is 50.0 Å². The SMILES string of the molecule is O=C(N=Nc1c(O)[nH]c2ccc(Cl)cc12)c1ccc(Br)cc1. The van der Waals surface area contributed by atoms with Crippen LogP contribution in [0.4, 0.5) is 5.69 Å². The van der Waals surface area contributed by atoms with E-state index in [4.69, 9.17) is 11.6 Å². The van der Waals surface area contributed by atoms with Crippen LogP contribution < -0.4 is 0 Å². The van der Waals surface area contributed by atoms with Gasteiger partial charge in [-0.05, 0) is 42.5 Å². The summed E-state index contributed by atoms with van der Waals surface area (Å²) in [5, 5.41) is 18.5. The van der Waals surface area contributed by atoms with E-state index in [0.717, 1.165) is 4.47 Å². The molecule has 0 saturated carbocycles. The number of aromatic amines is 1. The van der Waals surface area contributed by atoms with E-state index in [1.54, 1.807) is 42.5 Å². The Labute approximate surface area is 138 Å². The van der Waals surface area contributed by atoms with E-state index in [2.05, 4.69) is 31.1 Å². The lowest BCUT2D eigenvalue weighted by molar-refractivity contribution is 0.0995. The van der Waals surface area contributed by atoms with Crippen LogP contribution >= 0.6 is 27.5 Å². The fourth-order valence-corrected chi connectivity index (χ4v) is 2.42. The first-order chi connectivity index (χ1) is 10.5. The molecule has 1 aromatic heterocycles. The number of nitrogens with zero attached hydrogens (tertiary/aromatic N) is 2. The fraction of sp³-hybridized carbons (Fsp3) is 0. The van der Waals surface area contributed by atoms with E-state index < -0.39 is 5.91 Å². The van der Waals surface area contributed by atoms with Crippen LogP contribution in [0.25, 0.3) is 10.9 Å². The summed E-state index contributed by atoms with van der Waals surface area (Å²) in [6, 6.07) is 11.8. The maximum absolute atomic E-state index is 12.0. The zero-order chi connectivity index (χ0) is 15.7. The number of aromatic hydroxyl groups is 1. The van der Waals surface area contributed by atoms with Crippen molar-refractivity contribution in [3.63, 3.8) is 0 Å². The summed E-state index contributed by atoms with van der Waals surface area (Å²) in [6.45, 7) is 0. The molecule has 0 aliphatic heterocycles.